The van der Waals surface area contributed by atoms with Gasteiger partial charge < -0.3 is 0 Å². The Morgan fingerprint density at radius 3 is 2.70 bits per heavy atom. The lowest BCUT2D eigenvalue weighted by Gasteiger charge is -1.91. The highest BCUT2D eigenvalue weighted by molar-refractivity contribution is 5.97. The van der Waals surface area contributed by atoms with Crippen LogP contribution in [0, 0.1) is 0 Å². The highest BCUT2D eigenvalue weighted by Crippen LogP contribution is 2.20. The number of rotatable bonds is 1. The highest BCUT2D eigenvalue weighted by Gasteiger charge is 2.15. The number of carbonyl (C=O) groups is 1. The van der Waals surface area contributed by atoms with Gasteiger partial charge in [-0.25, -0.2) is 0 Å². The molecule has 0 saturated heterocycles. The summed E-state index contributed by atoms with van der Waals surface area (Å²) in [7, 11) is 0. The number of hydrogen-bond donors (Lipinski definition) is 0. The summed E-state index contributed by atoms with van der Waals surface area (Å²) in [4.78, 5) is 11.0. The molecule has 0 bridgehead atoms. The molecule has 1 heteroatoms. The smallest absolute Gasteiger partial charge is 0.158 e. The fourth-order valence-corrected chi connectivity index (χ4v) is 1.19. The topological polar surface area (TPSA) is 17.1 Å². The molecule has 0 aromatic heterocycles. The summed E-state index contributed by atoms with van der Waals surface area (Å²) in [5.74, 6) is 0.308. The first-order valence-electron chi connectivity index (χ1n) is 3.59. The van der Waals surface area contributed by atoms with Gasteiger partial charge in [0, 0.05) is 6.42 Å². The predicted octanol–water partition coefficient (Wildman–Crippen LogP) is 2.24. The van der Waals surface area contributed by atoms with Crippen LogP contribution < -0.4 is 0 Å². The van der Waals surface area contributed by atoms with E-state index < -0.39 is 0 Å². The fourth-order valence-electron chi connectivity index (χ4n) is 1.19. The molecule has 0 aliphatic heterocycles. The van der Waals surface area contributed by atoms with Crippen molar-refractivity contribution in [2.45, 2.75) is 26.2 Å². The summed E-state index contributed by atoms with van der Waals surface area (Å²) in [6, 6.07) is 0. The van der Waals surface area contributed by atoms with E-state index >= 15 is 0 Å². The van der Waals surface area contributed by atoms with Crippen LogP contribution in [0.3, 0.4) is 0 Å². The summed E-state index contributed by atoms with van der Waals surface area (Å²) in [6.45, 7) is 5.64. The summed E-state index contributed by atoms with van der Waals surface area (Å²) >= 11 is 0. The summed E-state index contributed by atoms with van der Waals surface area (Å²) < 4.78 is 0. The van der Waals surface area contributed by atoms with E-state index in [0.717, 1.165) is 30.4 Å². The number of hydrogen-bond acceptors (Lipinski definition) is 1. The highest BCUT2D eigenvalue weighted by atomic mass is 16.1. The van der Waals surface area contributed by atoms with Gasteiger partial charge >= 0.3 is 0 Å². The Balaban J connectivity index is 2.72. The van der Waals surface area contributed by atoms with Crippen molar-refractivity contribution in [1.82, 2.24) is 0 Å². The molecule has 1 aliphatic rings. The van der Waals surface area contributed by atoms with E-state index in [2.05, 4.69) is 6.58 Å². The van der Waals surface area contributed by atoms with Crippen LogP contribution in [0.1, 0.15) is 26.2 Å². The van der Waals surface area contributed by atoms with Crippen LogP contribution in [0.4, 0.5) is 0 Å². The van der Waals surface area contributed by atoms with Gasteiger partial charge in [0.05, 0.1) is 0 Å². The standard InChI is InChI=1S/C9H12O/c1-7(2)6-8-4-3-5-9(8)10/h6H,1,3-5H2,2H3/b8-6+. The van der Waals surface area contributed by atoms with Crippen molar-refractivity contribution in [1.29, 1.82) is 0 Å². The summed E-state index contributed by atoms with van der Waals surface area (Å²) in [6.07, 6.45) is 4.61. The van der Waals surface area contributed by atoms with E-state index in [1.54, 1.807) is 0 Å². The first-order chi connectivity index (χ1) is 4.70. The lowest BCUT2D eigenvalue weighted by Crippen LogP contribution is -1.90. The van der Waals surface area contributed by atoms with Crippen LogP contribution in [0.5, 0.6) is 0 Å². The minimum absolute atomic E-state index is 0.308. The third-order valence-corrected chi connectivity index (χ3v) is 1.63. The van der Waals surface area contributed by atoms with Crippen molar-refractivity contribution in [3.63, 3.8) is 0 Å². The molecule has 0 amide bonds. The van der Waals surface area contributed by atoms with Gasteiger partial charge in [0.1, 0.15) is 0 Å². The predicted molar refractivity (Wildman–Crippen MR) is 41.8 cm³/mol. The monoisotopic (exact) mass is 136 g/mol. The van der Waals surface area contributed by atoms with Crippen molar-refractivity contribution in [3.8, 4) is 0 Å². The second kappa shape index (κ2) is 2.82. The molecule has 1 fully saturated rings. The maximum Gasteiger partial charge on any atom is 0.158 e. The zero-order chi connectivity index (χ0) is 7.56. The molecule has 0 N–H and O–H groups in total. The van der Waals surface area contributed by atoms with E-state index in [9.17, 15) is 4.79 Å². The molecular weight excluding hydrogens is 124 g/mol. The second-order valence-corrected chi connectivity index (χ2v) is 2.79. The summed E-state index contributed by atoms with van der Waals surface area (Å²) in [5.41, 5.74) is 1.94. The fraction of sp³-hybridized carbons (Fsp3) is 0.444. The zero-order valence-corrected chi connectivity index (χ0v) is 6.31. The Labute approximate surface area is 61.4 Å². The Morgan fingerprint density at radius 2 is 2.30 bits per heavy atom. The van der Waals surface area contributed by atoms with Crippen molar-refractivity contribution in [2.75, 3.05) is 0 Å². The normalized spacial score (nSPS) is 22.1. The number of allylic oxidation sites excluding steroid dienone is 3. The molecule has 54 valence electrons. The van der Waals surface area contributed by atoms with Crippen LogP contribution >= 0.6 is 0 Å². The van der Waals surface area contributed by atoms with Crippen molar-refractivity contribution >= 4 is 5.78 Å². The van der Waals surface area contributed by atoms with E-state index in [0.29, 0.717) is 5.78 Å². The largest absolute Gasteiger partial charge is 0.295 e. The van der Waals surface area contributed by atoms with Crippen molar-refractivity contribution < 1.29 is 4.79 Å². The molecule has 0 heterocycles. The minimum Gasteiger partial charge on any atom is -0.295 e. The molecule has 1 saturated carbocycles. The van der Waals surface area contributed by atoms with Crippen LogP contribution in [0.2, 0.25) is 0 Å². The lowest BCUT2D eigenvalue weighted by atomic mass is 10.1. The first kappa shape index (κ1) is 7.26. The third-order valence-electron chi connectivity index (χ3n) is 1.63. The average molecular weight is 136 g/mol. The SMILES string of the molecule is C=C(C)/C=C1\CCCC1=O. The van der Waals surface area contributed by atoms with E-state index in [1.807, 2.05) is 13.0 Å². The van der Waals surface area contributed by atoms with E-state index in [4.69, 9.17) is 0 Å². The Morgan fingerprint density at radius 1 is 1.60 bits per heavy atom. The molecule has 0 spiro atoms. The van der Waals surface area contributed by atoms with Gasteiger partial charge in [0.2, 0.25) is 0 Å². The maximum atomic E-state index is 11.0. The molecule has 0 aromatic rings. The Hall–Kier alpha value is -0.850. The van der Waals surface area contributed by atoms with E-state index in [1.165, 1.54) is 0 Å². The maximum absolute atomic E-state index is 11.0. The van der Waals surface area contributed by atoms with Gasteiger partial charge in [-0.15, -0.1) is 0 Å². The number of Topliss-reactive ketones (excluding diaryl/α,β-unsaturated/α-hetero) is 1. The van der Waals surface area contributed by atoms with Crippen LogP contribution in [-0.4, -0.2) is 5.78 Å². The molecule has 1 rings (SSSR count). The van der Waals surface area contributed by atoms with Gasteiger partial charge in [0.15, 0.2) is 5.78 Å². The van der Waals surface area contributed by atoms with Crippen LogP contribution in [0.15, 0.2) is 23.8 Å². The lowest BCUT2D eigenvalue weighted by molar-refractivity contribution is -0.114. The Bertz CT molecular complexity index is 199. The molecule has 1 nitrogen and oxygen atoms in total. The molecule has 1 aliphatic carbocycles. The summed E-state index contributed by atoms with van der Waals surface area (Å²) in [5, 5.41) is 0. The molecule has 10 heavy (non-hydrogen) atoms. The van der Waals surface area contributed by atoms with Crippen LogP contribution in [0.25, 0.3) is 0 Å². The van der Waals surface area contributed by atoms with E-state index in [-0.39, 0.29) is 0 Å². The quantitative estimate of drug-likeness (QED) is 0.505. The van der Waals surface area contributed by atoms with Gasteiger partial charge in [-0.3, -0.25) is 4.79 Å². The minimum atomic E-state index is 0.308. The van der Waals surface area contributed by atoms with Gasteiger partial charge in [-0.1, -0.05) is 18.2 Å². The van der Waals surface area contributed by atoms with Crippen molar-refractivity contribution in [2.24, 2.45) is 0 Å². The van der Waals surface area contributed by atoms with Gasteiger partial charge in [0.25, 0.3) is 0 Å². The number of ketones is 1. The molecular formula is C9H12O. The molecule has 0 radical (unpaired) electrons. The second-order valence-electron chi connectivity index (χ2n) is 2.79. The Kier molecular flexibility index (Phi) is 2.05. The van der Waals surface area contributed by atoms with Gasteiger partial charge in [-0.05, 0) is 25.3 Å². The molecule has 0 unspecified atom stereocenters. The third kappa shape index (κ3) is 1.56. The van der Waals surface area contributed by atoms with Crippen molar-refractivity contribution in [3.05, 3.63) is 23.8 Å². The first-order valence-corrected chi connectivity index (χ1v) is 3.59. The number of carbonyl (C=O) groups excluding carboxylic acids is 1. The average Bonchev–Trinajstić information content (AvgIpc) is 2.15. The molecule has 0 aromatic carbocycles. The zero-order valence-electron chi connectivity index (χ0n) is 6.31. The van der Waals surface area contributed by atoms with Gasteiger partial charge in [-0.2, -0.15) is 0 Å². The van der Waals surface area contributed by atoms with Crippen LogP contribution in [-0.2, 0) is 4.79 Å². The molecule has 0 atom stereocenters.